The number of nitrogens with two attached hydrogens (primary N) is 1. The van der Waals surface area contributed by atoms with Crippen LogP contribution >= 0.6 is 11.8 Å². The van der Waals surface area contributed by atoms with Crippen LogP contribution < -0.4 is 15.8 Å². The smallest absolute Gasteiger partial charge is 0.119 e. The van der Waals surface area contributed by atoms with Crippen molar-refractivity contribution in [2.45, 2.75) is 12.0 Å². The van der Waals surface area contributed by atoms with E-state index in [2.05, 4.69) is 5.32 Å². The van der Waals surface area contributed by atoms with Gasteiger partial charge in [-0.3, -0.25) is 0 Å². The van der Waals surface area contributed by atoms with Crippen molar-refractivity contribution in [1.29, 1.82) is 0 Å². The fourth-order valence-corrected chi connectivity index (χ4v) is 3.30. The number of ether oxygens (including phenoxy) is 1. The Bertz CT molecular complexity index is 333. The van der Waals surface area contributed by atoms with Gasteiger partial charge in [0.25, 0.3) is 0 Å². The van der Waals surface area contributed by atoms with Gasteiger partial charge in [0, 0.05) is 18.0 Å². The molecule has 0 saturated carbocycles. The van der Waals surface area contributed by atoms with Crippen molar-refractivity contribution < 1.29 is 4.74 Å². The molecule has 1 aliphatic heterocycles. The zero-order chi connectivity index (χ0) is 11.4. The van der Waals surface area contributed by atoms with Gasteiger partial charge in [-0.15, -0.1) is 0 Å². The average Bonchev–Trinajstić information content (AvgIpc) is 2.79. The molecule has 0 bridgehead atoms. The zero-order valence-corrected chi connectivity index (χ0v) is 10.3. The minimum Gasteiger partial charge on any atom is -0.497 e. The summed E-state index contributed by atoms with van der Waals surface area (Å²) < 4.78 is 5.13. The third-order valence-electron chi connectivity index (χ3n) is 2.99. The van der Waals surface area contributed by atoms with E-state index < -0.39 is 0 Å². The van der Waals surface area contributed by atoms with E-state index in [1.54, 1.807) is 7.11 Å². The van der Waals surface area contributed by atoms with Gasteiger partial charge in [0.1, 0.15) is 5.75 Å². The molecule has 2 rings (SSSR count). The Hall–Kier alpha value is -0.870. The Morgan fingerprint density at radius 3 is 2.69 bits per heavy atom. The zero-order valence-electron chi connectivity index (χ0n) is 9.53. The third kappa shape index (κ3) is 2.44. The molecule has 1 aromatic carbocycles. The molecule has 0 spiro atoms. The summed E-state index contributed by atoms with van der Waals surface area (Å²) in [4.78, 5) is 0. The maximum Gasteiger partial charge on any atom is 0.119 e. The highest BCUT2D eigenvalue weighted by Crippen LogP contribution is 2.31. The first-order valence-corrected chi connectivity index (χ1v) is 6.63. The van der Waals surface area contributed by atoms with Crippen LogP contribution in [-0.4, -0.2) is 30.7 Å². The molecule has 3 N–H and O–H groups in total. The summed E-state index contributed by atoms with van der Waals surface area (Å²) in [7, 11) is 1.68. The Balaban J connectivity index is 2.07. The lowest BCUT2D eigenvalue weighted by Crippen LogP contribution is -2.45. The Labute approximate surface area is 101 Å². The lowest BCUT2D eigenvalue weighted by Gasteiger charge is -2.29. The first kappa shape index (κ1) is 11.6. The molecule has 0 aliphatic carbocycles. The fraction of sp³-hybridized carbons (Fsp3) is 0.500. The molecule has 1 atom stereocenters. The minimum atomic E-state index is 0.0826. The predicted molar refractivity (Wildman–Crippen MR) is 70.3 cm³/mol. The highest BCUT2D eigenvalue weighted by molar-refractivity contribution is 7.99. The van der Waals surface area contributed by atoms with Gasteiger partial charge in [-0.2, -0.15) is 11.8 Å². The maximum atomic E-state index is 5.87. The van der Waals surface area contributed by atoms with E-state index in [0.717, 1.165) is 23.6 Å². The van der Waals surface area contributed by atoms with Crippen LogP contribution in [0.25, 0.3) is 0 Å². The Kier molecular flexibility index (Phi) is 3.61. The SMILES string of the molecule is COc1ccc(NC2(CN)CCSC2)cc1. The number of rotatable bonds is 4. The van der Waals surface area contributed by atoms with E-state index in [-0.39, 0.29) is 5.54 Å². The van der Waals surface area contributed by atoms with Gasteiger partial charge in [-0.25, -0.2) is 0 Å². The number of thioether (sulfide) groups is 1. The van der Waals surface area contributed by atoms with Crippen LogP contribution in [0, 0.1) is 0 Å². The molecule has 3 nitrogen and oxygen atoms in total. The van der Waals surface area contributed by atoms with Crippen molar-refractivity contribution >= 4 is 17.4 Å². The van der Waals surface area contributed by atoms with Crippen molar-refractivity contribution in [2.75, 3.05) is 30.5 Å². The van der Waals surface area contributed by atoms with Gasteiger partial charge in [-0.1, -0.05) is 0 Å². The topological polar surface area (TPSA) is 47.3 Å². The standard InChI is InChI=1S/C12H18N2OS/c1-15-11-4-2-10(3-5-11)14-12(8-13)6-7-16-9-12/h2-5,14H,6-9,13H2,1H3. The summed E-state index contributed by atoms with van der Waals surface area (Å²) in [6.07, 6.45) is 1.14. The lowest BCUT2D eigenvalue weighted by molar-refractivity contribution is 0.415. The molecule has 1 aromatic rings. The molecular weight excluding hydrogens is 220 g/mol. The second-order valence-electron chi connectivity index (χ2n) is 4.14. The summed E-state index contributed by atoms with van der Waals surface area (Å²) in [6.45, 7) is 0.687. The highest BCUT2D eigenvalue weighted by atomic mass is 32.2. The molecule has 1 fully saturated rings. The van der Waals surface area contributed by atoms with Crippen molar-refractivity contribution in [1.82, 2.24) is 0 Å². The fourth-order valence-electron chi connectivity index (χ4n) is 1.90. The molecule has 1 saturated heterocycles. The first-order valence-electron chi connectivity index (χ1n) is 5.48. The second-order valence-corrected chi connectivity index (χ2v) is 5.25. The number of nitrogens with one attached hydrogen (secondary N) is 1. The number of anilines is 1. The summed E-state index contributed by atoms with van der Waals surface area (Å²) in [5.41, 5.74) is 7.07. The molecule has 1 aliphatic rings. The monoisotopic (exact) mass is 238 g/mol. The molecule has 16 heavy (non-hydrogen) atoms. The number of benzene rings is 1. The number of methoxy groups -OCH3 is 1. The third-order valence-corrected chi connectivity index (χ3v) is 4.24. The van der Waals surface area contributed by atoms with Crippen LogP contribution in [0.3, 0.4) is 0 Å². The van der Waals surface area contributed by atoms with Crippen LogP contribution in [0.2, 0.25) is 0 Å². The average molecular weight is 238 g/mol. The van der Waals surface area contributed by atoms with Gasteiger partial charge in [0.15, 0.2) is 0 Å². The second kappa shape index (κ2) is 4.97. The highest BCUT2D eigenvalue weighted by Gasteiger charge is 2.32. The summed E-state index contributed by atoms with van der Waals surface area (Å²) >= 11 is 1.97. The van der Waals surface area contributed by atoms with Gasteiger partial charge in [0.2, 0.25) is 0 Å². The molecule has 0 radical (unpaired) electrons. The van der Waals surface area contributed by atoms with Gasteiger partial charge >= 0.3 is 0 Å². The van der Waals surface area contributed by atoms with Crippen molar-refractivity contribution in [2.24, 2.45) is 5.73 Å². The molecule has 88 valence electrons. The molecule has 4 heteroatoms. The van der Waals surface area contributed by atoms with Crippen LogP contribution in [0.15, 0.2) is 24.3 Å². The van der Waals surface area contributed by atoms with Crippen LogP contribution in [0.1, 0.15) is 6.42 Å². The maximum absolute atomic E-state index is 5.87. The van der Waals surface area contributed by atoms with E-state index in [1.165, 1.54) is 5.75 Å². The van der Waals surface area contributed by atoms with Crippen molar-refractivity contribution in [3.05, 3.63) is 24.3 Å². The number of hydrogen-bond acceptors (Lipinski definition) is 4. The predicted octanol–water partition coefficient (Wildman–Crippen LogP) is 1.94. The molecule has 0 aromatic heterocycles. The van der Waals surface area contributed by atoms with Crippen LogP contribution in [0.4, 0.5) is 5.69 Å². The molecular formula is C12H18N2OS. The van der Waals surface area contributed by atoms with Crippen LogP contribution in [-0.2, 0) is 0 Å². The number of hydrogen-bond donors (Lipinski definition) is 2. The quantitative estimate of drug-likeness (QED) is 0.841. The van der Waals surface area contributed by atoms with E-state index in [1.807, 2.05) is 36.0 Å². The summed E-state index contributed by atoms with van der Waals surface area (Å²) in [5.74, 6) is 3.17. The van der Waals surface area contributed by atoms with Crippen molar-refractivity contribution in [3.63, 3.8) is 0 Å². The van der Waals surface area contributed by atoms with E-state index in [0.29, 0.717) is 6.54 Å². The van der Waals surface area contributed by atoms with E-state index in [4.69, 9.17) is 10.5 Å². The van der Waals surface area contributed by atoms with Crippen molar-refractivity contribution in [3.8, 4) is 5.75 Å². The van der Waals surface area contributed by atoms with E-state index >= 15 is 0 Å². The molecule has 1 unspecified atom stereocenters. The first-order chi connectivity index (χ1) is 7.78. The summed E-state index contributed by atoms with van der Waals surface area (Å²) in [5, 5.41) is 3.55. The Morgan fingerprint density at radius 1 is 1.44 bits per heavy atom. The normalized spacial score (nSPS) is 24.4. The van der Waals surface area contributed by atoms with Crippen LogP contribution in [0.5, 0.6) is 5.75 Å². The van der Waals surface area contributed by atoms with E-state index in [9.17, 15) is 0 Å². The van der Waals surface area contributed by atoms with Gasteiger partial charge in [0.05, 0.1) is 12.6 Å². The molecule has 0 amide bonds. The summed E-state index contributed by atoms with van der Waals surface area (Å²) in [6, 6.07) is 8.02. The Morgan fingerprint density at radius 2 is 2.19 bits per heavy atom. The van der Waals surface area contributed by atoms with Gasteiger partial charge < -0.3 is 15.8 Å². The molecule has 1 heterocycles. The van der Waals surface area contributed by atoms with Gasteiger partial charge in [-0.05, 0) is 36.4 Å². The minimum absolute atomic E-state index is 0.0826. The lowest BCUT2D eigenvalue weighted by atomic mass is 9.99. The largest absolute Gasteiger partial charge is 0.497 e.